The molecule has 19 heavy (non-hydrogen) atoms. The van der Waals surface area contributed by atoms with Crippen molar-refractivity contribution in [3.05, 3.63) is 17.5 Å². The van der Waals surface area contributed by atoms with Gasteiger partial charge >= 0.3 is 0 Å². The van der Waals surface area contributed by atoms with Gasteiger partial charge in [-0.1, -0.05) is 11.6 Å². The van der Waals surface area contributed by atoms with E-state index in [-0.39, 0.29) is 11.9 Å². The van der Waals surface area contributed by atoms with Crippen LogP contribution in [0.5, 0.6) is 0 Å². The number of nitrogens with two attached hydrogens (primary N) is 1. The second kappa shape index (κ2) is 4.96. The Morgan fingerprint density at radius 2 is 2.11 bits per heavy atom. The molecule has 1 heterocycles. The molecule has 2 aliphatic carbocycles. The molecular weight excluding hydrogens is 242 g/mol. The summed E-state index contributed by atoms with van der Waals surface area (Å²) in [5.74, 6) is 1.60. The Bertz CT molecular complexity index is 457. The van der Waals surface area contributed by atoms with Crippen LogP contribution >= 0.6 is 0 Å². The van der Waals surface area contributed by atoms with Crippen molar-refractivity contribution in [3.63, 3.8) is 0 Å². The Morgan fingerprint density at radius 1 is 1.42 bits per heavy atom. The Labute approximate surface area is 112 Å². The number of nitrogens with one attached hydrogen (secondary N) is 1. The number of carbonyl (C=O) groups is 1. The van der Waals surface area contributed by atoms with Gasteiger partial charge in [0, 0.05) is 18.2 Å². The Balaban J connectivity index is 1.70. The summed E-state index contributed by atoms with van der Waals surface area (Å²) in [5.41, 5.74) is 6.47. The first-order valence-corrected chi connectivity index (χ1v) is 7.13. The summed E-state index contributed by atoms with van der Waals surface area (Å²) < 4.78 is 4.96. The zero-order valence-electron chi connectivity index (χ0n) is 11.3. The number of aromatic nitrogens is 1. The highest BCUT2D eigenvalue weighted by Gasteiger charge is 2.40. The largest absolute Gasteiger partial charge is 0.361 e. The number of rotatable bonds is 2. The van der Waals surface area contributed by atoms with Gasteiger partial charge in [0.2, 0.25) is 0 Å². The van der Waals surface area contributed by atoms with E-state index in [9.17, 15) is 4.79 Å². The molecule has 3 N–H and O–H groups in total. The lowest BCUT2D eigenvalue weighted by molar-refractivity contribution is 0.0748. The molecule has 5 heteroatoms. The maximum absolute atomic E-state index is 12.2. The average Bonchev–Trinajstić information content (AvgIpc) is 2.77. The minimum absolute atomic E-state index is 0.116. The van der Waals surface area contributed by atoms with Crippen LogP contribution in [0.25, 0.3) is 0 Å². The van der Waals surface area contributed by atoms with E-state index in [1.54, 1.807) is 13.0 Å². The lowest BCUT2D eigenvalue weighted by Crippen LogP contribution is -2.53. The van der Waals surface area contributed by atoms with Crippen LogP contribution in [0.15, 0.2) is 10.6 Å². The summed E-state index contributed by atoms with van der Waals surface area (Å²) in [7, 11) is 0. The monoisotopic (exact) mass is 263 g/mol. The Hall–Kier alpha value is -1.36. The summed E-state index contributed by atoms with van der Waals surface area (Å²) in [5, 5.41) is 6.93. The summed E-state index contributed by atoms with van der Waals surface area (Å²) >= 11 is 0. The van der Waals surface area contributed by atoms with Gasteiger partial charge in [-0.2, -0.15) is 0 Å². The fourth-order valence-corrected chi connectivity index (χ4v) is 3.72. The van der Waals surface area contributed by atoms with Gasteiger partial charge in [-0.3, -0.25) is 4.79 Å². The maximum atomic E-state index is 12.2. The van der Waals surface area contributed by atoms with Crippen LogP contribution in [0.4, 0.5) is 0 Å². The van der Waals surface area contributed by atoms with Crippen molar-refractivity contribution in [2.75, 3.05) is 0 Å². The minimum Gasteiger partial charge on any atom is -0.361 e. The molecular formula is C14H21N3O2. The highest BCUT2D eigenvalue weighted by molar-refractivity contribution is 5.92. The van der Waals surface area contributed by atoms with E-state index >= 15 is 0 Å². The molecule has 2 fully saturated rings. The predicted octanol–water partition coefficient (Wildman–Crippen LogP) is 1.62. The standard InChI is InChI=1S/C14H21N3O2/c1-8-5-12(17-19-8)14(18)16-13-9-3-2-4-10(13)7-11(15)6-9/h5,9-11,13H,2-4,6-7,15H2,1H3,(H,16,18). The normalized spacial score (nSPS) is 34.0. The molecule has 104 valence electrons. The number of hydrogen-bond donors (Lipinski definition) is 2. The van der Waals surface area contributed by atoms with E-state index in [0.29, 0.717) is 29.3 Å². The molecule has 1 amide bonds. The second-order valence-electron chi connectivity index (χ2n) is 6.00. The maximum Gasteiger partial charge on any atom is 0.273 e. The third kappa shape index (κ3) is 2.52. The molecule has 0 aromatic carbocycles. The summed E-state index contributed by atoms with van der Waals surface area (Å²) in [4.78, 5) is 12.2. The SMILES string of the molecule is Cc1cc(C(=O)NC2C3CCCC2CC(N)C3)no1. The minimum atomic E-state index is -0.116. The van der Waals surface area contributed by atoms with Crippen molar-refractivity contribution in [2.24, 2.45) is 17.6 Å². The third-order valence-electron chi connectivity index (χ3n) is 4.53. The van der Waals surface area contributed by atoms with Crippen LogP contribution in [0.1, 0.15) is 48.4 Å². The molecule has 0 radical (unpaired) electrons. The molecule has 3 rings (SSSR count). The molecule has 0 spiro atoms. The lowest BCUT2D eigenvalue weighted by Gasteiger charge is -2.45. The molecule has 1 aromatic rings. The second-order valence-corrected chi connectivity index (χ2v) is 6.00. The first-order chi connectivity index (χ1) is 9.13. The van der Waals surface area contributed by atoms with Crippen molar-refractivity contribution in [1.82, 2.24) is 10.5 Å². The number of carbonyl (C=O) groups excluding carboxylic acids is 1. The molecule has 2 aliphatic rings. The van der Waals surface area contributed by atoms with E-state index in [4.69, 9.17) is 10.3 Å². The van der Waals surface area contributed by atoms with Crippen LogP contribution in [0, 0.1) is 18.8 Å². The van der Waals surface area contributed by atoms with Gasteiger partial charge in [-0.05, 0) is 44.4 Å². The molecule has 1 aromatic heterocycles. The van der Waals surface area contributed by atoms with Gasteiger partial charge in [0.25, 0.3) is 5.91 Å². The van der Waals surface area contributed by atoms with Gasteiger partial charge < -0.3 is 15.6 Å². The van der Waals surface area contributed by atoms with Gasteiger partial charge in [-0.25, -0.2) is 0 Å². The molecule has 2 unspecified atom stereocenters. The van der Waals surface area contributed by atoms with Gasteiger partial charge in [0.15, 0.2) is 5.69 Å². The van der Waals surface area contributed by atoms with E-state index in [0.717, 1.165) is 12.8 Å². The van der Waals surface area contributed by atoms with E-state index in [2.05, 4.69) is 10.5 Å². The number of amides is 1. The van der Waals surface area contributed by atoms with Crippen molar-refractivity contribution in [3.8, 4) is 0 Å². The van der Waals surface area contributed by atoms with Crippen LogP contribution in [0.2, 0.25) is 0 Å². The molecule has 2 atom stereocenters. The van der Waals surface area contributed by atoms with Crippen molar-refractivity contribution >= 4 is 5.91 Å². The molecule has 2 saturated carbocycles. The zero-order chi connectivity index (χ0) is 13.4. The first kappa shape index (κ1) is 12.7. The first-order valence-electron chi connectivity index (χ1n) is 7.13. The highest BCUT2D eigenvalue weighted by atomic mass is 16.5. The summed E-state index contributed by atoms with van der Waals surface area (Å²) in [6.45, 7) is 1.79. The quantitative estimate of drug-likeness (QED) is 0.849. The third-order valence-corrected chi connectivity index (χ3v) is 4.53. The Kier molecular flexibility index (Phi) is 3.31. The molecule has 2 bridgehead atoms. The van der Waals surface area contributed by atoms with E-state index in [1.165, 1.54) is 19.3 Å². The predicted molar refractivity (Wildman–Crippen MR) is 70.5 cm³/mol. The van der Waals surface area contributed by atoms with Crippen LogP contribution in [-0.2, 0) is 0 Å². The Morgan fingerprint density at radius 3 is 2.68 bits per heavy atom. The van der Waals surface area contributed by atoms with E-state index in [1.807, 2.05) is 0 Å². The topological polar surface area (TPSA) is 81.2 Å². The van der Waals surface area contributed by atoms with Gasteiger partial charge in [0.1, 0.15) is 5.76 Å². The van der Waals surface area contributed by atoms with Gasteiger partial charge in [-0.15, -0.1) is 0 Å². The number of aryl methyl sites for hydroxylation is 1. The lowest BCUT2D eigenvalue weighted by atomic mass is 9.67. The average molecular weight is 263 g/mol. The fraction of sp³-hybridized carbons (Fsp3) is 0.714. The van der Waals surface area contributed by atoms with E-state index < -0.39 is 0 Å². The fourth-order valence-electron chi connectivity index (χ4n) is 3.72. The number of hydrogen-bond acceptors (Lipinski definition) is 4. The molecule has 0 aliphatic heterocycles. The zero-order valence-corrected chi connectivity index (χ0v) is 11.3. The summed E-state index contributed by atoms with van der Waals surface area (Å²) in [6.07, 6.45) is 5.66. The smallest absolute Gasteiger partial charge is 0.273 e. The van der Waals surface area contributed by atoms with Crippen LogP contribution < -0.4 is 11.1 Å². The van der Waals surface area contributed by atoms with Crippen molar-refractivity contribution in [2.45, 2.75) is 51.1 Å². The van der Waals surface area contributed by atoms with Crippen LogP contribution in [-0.4, -0.2) is 23.1 Å². The van der Waals surface area contributed by atoms with Crippen molar-refractivity contribution < 1.29 is 9.32 Å². The number of nitrogens with zero attached hydrogens (tertiary/aromatic N) is 1. The van der Waals surface area contributed by atoms with Gasteiger partial charge in [0.05, 0.1) is 0 Å². The van der Waals surface area contributed by atoms with Crippen molar-refractivity contribution in [1.29, 1.82) is 0 Å². The molecule has 0 saturated heterocycles. The summed E-state index contributed by atoms with van der Waals surface area (Å²) in [6, 6.07) is 2.25. The highest BCUT2D eigenvalue weighted by Crippen LogP contribution is 2.39. The number of fused-ring (bicyclic) bond motifs is 2. The van der Waals surface area contributed by atoms with Crippen LogP contribution in [0.3, 0.4) is 0 Å². The molecule has 5 nitrogen and oxygen atoms in total.